The second-order valence-corrected chi connectivity index (χ2v) is 4.42. The van der Waals surface area contributed by atoms with Gasteiger partial charge in [-0.2, -0.15) is 0 Å². The molecule has 7 heteroatoms. The van der Waals surface area contributed by atoms with E-state index in [0.29, 0.717) is 16.5 Å². The number of nitrogens with two attached hydrogens (primary N) is 1. The lowest BCUT2D eigenvalue weighted by atomic mass is 10.1. The third-order valence-corrected chi connectivity index (χ3v) is 2.91. The van der Waals surface area contributed by atoms with Crippen LogP contribution in [0.4, 0.5) is 5.95 Å². The minimum atomic E-state index is -1.12. The molecule has 0 spiro atoms. The Morgan fingerprint density at radius 1 is 1.40 bits per heavy atom. The van der Waals surface area contributed by atoms with Gasteiger partial charge in [-0.1, -0.05) is 23.7 Å². The van der Waals surface area contributed by atoms with Crippen LogP contribution in [0.2, 0.25) is 5.02 Å². The molecular formula is C13H12ClN3O3. The van der Waals surface area contributed by atoms with E-state index >= 15 is 0 Å². The molecule has 104 valence electrons. The number of aryl methyl sites for hydroxylation is 1. The van der Waals surface area contributed by atoms with Gasteiger partial charge in [-0.25, -0.2) is 14.8 Å². The summed E-state index contributed by atoms with van der Waals surface area (Å²) in [5, 5.41) is 9.62. The molecule has 0 aliphatic carbocycles. The van der Waals surface area contributed by atoms with Crippen LogP contribution in [0.5, 0.6) is 5.75 Å². The van der Waals surface area contributed by atoms with Crippen LogP contribution < -0.4 is 10.5 Å². The van der Waals surface area contributed by atoms with Gasteiger partial charge in [0.25, 0.3) is 0 Å². The van der Waals surface area contributed by atoms with E-state index in [1.54, 1.807) is 31.2 Å². The summed E-state index contributed by atoms with van der Waals surface area (Å²) in [7, 11) is 0. The normalized spacial score (nSPS) is 10.3. The summed E-state index contributed by atoms with van der Waals surface area (Å²) in [5.41, 5.74) is 6.03. The Hall–Kier alpha value is -2.34. The topological polar surface area (TPSA) is 98.3 Å². The van der Waals surface area contributed by atoms with Gasteiger partial charge in [0, 0.05) is 0 Å². The average molecular weight is 294 g/mol. The van der Waals surface area contributed by atoms with Crippen molar-refractivity contribution in [3.05, 3.63) is 46.2 Å². The number of ether oxygens (including phenoxy) is 1. The molecule has 0 atom stereocenters. The van der Waals surface area contributed by atoms with Crippen molar-refractivity contribution in [2.45, 2.75) is 13.5 Å². The molecule has 2 aromatic rings. The van der Waals surface area contributed by atoms with Gasteiger partial charge in [-0.15, -0.1) is 0 Å². The number of benzene rings is 1. The molecule has 1 aromatic heterocycles. The molecule has 3 N–H and O–H groups in total. The number of nitrogens with zero attached hydrogens (tertiary/aromatic N) is 2. The number of aromatic carboxylic acids is 1. The number of rotatable bonds is 4. The summed E-state index contributed by atoms with van der Waals surface area (Å²) in [6, 6.07) is 6.89. The van der Waals surface area contributed by atoms with Crippen LogP contribution in [-0.4, -0.2) is 21.0 Å². The molecule has 20 heavy (non-hydrogen) atoms. The molecule has 0 bridgehead atoms. The van der Waals surface area contributed by atoms with Crippen molar-refractivity contribution in [1.82, 2.24) is 9.97 Å². The van der Waals surface area contributed by atoms with Crippen LogP contribution in [0, 0.1) is 6.92 Å². The van der Waals surface area contributed by atoms with Crippen molar-refractivity contribution in [1.29, 1.82) is 0 Å². The van der Waals surface area contributed by atoms with E-state index in [4.69, 9.17) is 22.1 Å². The van der Waals surface area contributed by atoms with Gasteiger partial charge in [0.2, 0.25) is 5.95 Å². The molecule has 0 unspecified atom stereocenters. The Bertz CT molecular complexity index is 661. The highest BCUT2D eigenvalue weighted by molar-refractivity contribution is 6.32. The summed E-state index contributed by atoms with van der Waals surface area (Å²) in [4.78, 5) is 19.0. The SMILES string of the molecule is Cc1nc(N)nc(COc2ccccc2Cl)c1C(=O)O. The van der Waals surface area contributed by atoms with E-state index in [9.17, 15) is 9.90 Å². The summed E-state index contributed by atoms with van der Waals surface area (Å²) in [5.74, 6) is -0.675. The molecule has 0 radical (unpaired) electrons. The van der Waals surface area contributed by atoms with E-state index in [1.807, 2.05) is 0 Å². The zero-order valence-electron chi connectivity index (χ0n) is 10.6. The Labute approximate surface area is 120 Å². The van der Waals surface area contributed by atoms with Gasteiger partial charge in [-0.3, -0.25) is 0 Å². The maximum Gasteiger partial charge on any atom is 0.339 e. The first-order valence-electron chi connectivity index (χ1n) is 5.72. The van der Waals surface area contributed by atoms with Crippen LogP contribution in [0.3, 0.4) is 0 Å². The fraction of sp³-hybridized carbons (Fsp3) is 0.154. The number of carboxylic acids is 1. The lowest BCUT2D eigenvalue weighted by Gasteiger charge is -2.11. The van der Waals surface area contributed by atoms with Gasteiger partial charge < -0.3 is 15.6 Å². The standard InChI is InChI=1S/C13H12ClN3O3/c1-7-11(12(18)19)9(17-13(15)16-7)6-20-10-5-3-2-4-8(10)14/h2-5H,6H2,1H3,(H,18,19)(H2,15,16,17). The number of anilines is 1. The number of hydrogen-bond acceptors (Lipinski definition) is 5. The van der Waals surface area contributed by atoms with Crippen LogP contribution in [-0.2, 0) is 6.61 Å². The molecule has 0 fully saturated rings. The quantitative estimate of drug-likeness (QED) is 0.897. The highest BCUT2D eigenvalue weighted by Crippen LogP contribution is 2.24. The number of para-hydroxylation sites is 1. The smallest absolute Gasteiger partial charge is 0.339 e. The molecule has 2 rings (SSSR count). The van der Waals surface area contributed by atoms with Gasteiger partial charge in [0.05, 0.1) is 16.4 Å². The number of carbonyl (C=O) groups is 1. The molecular weight excluding hydrogens is 282 g/mol. The largest absolute Gasteiger partial charge is 0.486 e. The fourth-order valence-corrected chi connectivity index (χ4v) is 1.94. The van der Waals surface area contributed by atoms with Crippen molar-refractivity contribution >= 4 is 23.5 Å². The van der Waals surface area contributed by atoms with E-state index in [-0.39, 0.29) is 23.8 Å². The summed E-state index contributed by atoms with van der Waals surface area (Å²) < 4.78 is 5.48. The molecule has 0 amide bonds. The van der Waals surface area contributed by atoms with Gasteiger partial charge in [-0.05, 0) is 19.1 Å². The van der Waals surface area contributed by atoms with Crippen LogP contribution in [0.1, 0.15) is 21.7 Å². The highest BCUT2D eigenvalue weighted by atomic mass is 35.5. The zero-order chi connectivity index (χ0) is 14.7. The Balaban J connectivity index is 2.30. The van der Waals surface area contributed by atoms with Crippen molar-refractivity contribution in [3.8, 4) is 5.75 Å². The number of halogens is 1. The first-order chi connectivity index (χ1) is 9.49. The monoisotopic (exact) mass is 293 g/mol. The van der Waals surface area contributed by atoms with Gasteiger partial charge in [0.1, 0.15) is 17.9 Å². The van der Waals surface area contributed by atoms with E-state index in [2.05, 4.69) is 9.97 Å². The molecule has 6 nitrogen and oxygen atoms in total. The first-order valence-corrected chi connectivity index (χ1v) is 6.10. The summed E-state index contributed by atoms with van der Waals surface area (Å²) in [6.07, 6.45) is 0. The second kappa shape index (κ2) is 5.75. The van der Waals surface area contributed by atoms with Gasteiger partial charge >= 0.3 is 5.97 Å². The maximum atomic E-state index is 11.2. The van der Waals surface area contributed by atoms with E-state index in [1.165, 1.54) is 0 Å². The zero-order valence-corrected chi connectivity index (χ0v) is 11.4. The highest BCUT2D eigenvalue weighted by Gasteiger charge is 2.18. The second-order valence-electron chi connectivity index (χ2n) is 4.01. The maximum absolute atomic E-state index is 11.2. The Morgan fingerprint density at radius 2 is 2.10 bits per heavy atom. The number of nitrogen functional groups attached to an aromatic ring is 1. The molecule has 1 heterocycles. The third-order valence-electron chi connectivity index (χ3n) is 2.60. The lowest BCUT2D eigenvalue weighted by molar-refractivity contribution is 0.0692. The van der Waals surface area contributed by atoms with Crippen molar-refractivity contribution in [3.63, 3.8) is 0 Å². The van der Waals surface area contributed by atoms with Gasteiger partial charge in [0.15, 0.2) is 0 Å². The minimum absolute atomic E-state index is 0.00487. The Kier molecular flexibility index (Phi) is 4.05. The predicted octanol–water partition coefficient (Wildman–Crippen LogP) is 2.30. The Morgan fingerprint density at radius 3 is 2.75 bits per heavy atom. The molecule has 0 aliphatic heterocycles. The average Bonchev–Trinajstić information content (AvgIpc) is 2.36. The first kappa shape index (κ1) is 14.1. The van der Waals surface area contributed by atoms with Crippen LogP contribution in [0.25, 0.3) is 0 Å². The lowest BCUT2D eigenvalue weighted by Crippen LogP contribution is -2.14. The van der Waals surface area contributed by atoms with Crippen molar-refractivity contribution < 1.29 is 14.6 Å². The van der Waals surface area contributed by atoms with Crippen molar-refractivity contribution in [2.75, 3.05) is 5.73 Å². The minimum Gasteiger partial charge on any atom is -0.486 e. The molecule has 0 saturated carbocycles. The van der Waals surface area contributed by atoms with Crippen LogP contribution >= 0.6 is 11.6 Å². The van der Waals surface area contributed by atoms with E-state index in [0.717, 1.165) is 0 Å². The molecule has 0 saturated heterocycles. The van der Waals surface area contributed by atoms with E-state index < -0.39 is 5.97 Å². The summed E-state index contributed by atoms with van der Waals surface area (Å²) >= 11 is 5.96. The third kappa shape index (κ3) is 2.97. The fourth-order valence-electron chi connectivity index (χ4n) is 1.75. The number of carboxylic acid groups (broad SMARTS) is 1. The summed E-state index contributed by atoms with van der Waals surface area (Å²) in [6.45, 7) is 1.50. The number of hydrogen-bond donors (Lipinski definition) is 2. The van der Waals surface area contributed by atoms with Crippen LogP contribution in [0.15, 0.2) is 24.3 Å². The molecule has 0 aliphatic rings. The molecule has 1 aromatic carbocycles. The number of aromatic nitrogens is 2. The van der Waals surface area contributed by atoms with Crippen molar-refractivity contribution in [2.24, 2.45) is 0 Å². The predicted molar refractivity (Wildman–Crippen MR) is 73.9 cm³/mol.